The van der Waals surface area contributed by atoms with Crippen LogP contribution in [0.3, 0.4) is 0 Å². The Morgan fingerprint density at radius 1 is 1.06 bits per heavy atom. The van der Waals surface area contributed by atoms with Crippen LogP contribution >= 0.6 is 0 Å². The first kappa shape index (κ1) is 9.46. The van der Waals surface area contributed by atoms with Crippen LogP contribution in [-0.2, 0) is 6.42 Å². The predicted octanol–water partition coefficient (Wildman–Crippen LogP) is 3.60. The van der Waals surface area contributed by atoms with E-state index in [1.54, 1.807) is 0 Å². The number of rotatable bonds is 1. The molecule has 2 aromatic rings. The average molecular weight is 210 g/mol. The first-order valence-corrected chi connectivity index (χ1v) is 5.66. The predicted molar refractivity (Wildman–Crippen MR) is 65.8 cm³/mol. The van der Waals surface area contributed by atoms with E-state index in [1.165, 1.54) is 22.3 Å². The van der Waals surface area contributed by atoms with Gasteiger partial charge in [0.1, 0.15) is 5.75 Å². The van der Waals surface area contributed by atoms with Crippen molar-refractivity contribution in [3.63, 3.8) is 0 Å². The monoisotopic (exact) mass is 210 g/mol. The molecule has 0 unspecified atom stereocenters. The first-order chi connectivity index (χ1) is 7.84. The van der Waals surface area contributed by atoms with E-state index in [9.17, 15) is 0 Å². The van der Waals surface area contributed by atoms with Crippen LogP contribution in [0.1, 0.15) is 11.1 Å². The fraction of sp³-hybridized carbons (Fsp3) is 0.200. The van der Waals surface area contributed by atoms with Crippen molar-refractivity contribution in [2.75, 3.05) is 6.61 Å². The molecule has 0 atom stereocenters. The van der Waals surface area contributed by atoms with Gasteiger partial charge in [0.15, 0.2) is 0 Å². The molecular weight excluding hydrogens is 196 g/mol. The van der Waals surface area contributed by atoms with Crippen molar-refractivity contribution < 1.29 is 4.74 Å². The van der Waals surface area contributed by atoms with Gasteiger partial charge in [0.05, 0.1) is 6.61 Å². The van der Waals surface area contributed by atoms with Crippen LogP contribution < -0.4 is 4.74 Å². The number of fused-ring (bicyclic) bond motifs is 1. The Bertz CT molecular complexity index is 529. The van der Waals surface area contributed by atoms with E-state index in [4.69, 9.17) is 4.74 Å². The zero-order valence-corrected chi connectivity index (χ0v) is 9.36. The second kappa shape index (κ2) is 3.67. The van der Waals surface area contributed by atoms with Crippen molar-refractivity contribution in [1.29, 1.82) is 0 Å². The minimum atomic E-state index is 0.818. The van der Waals surface area contributed by atoms with Crippen molar-refractivity contribution in [2.24, 2.45) is 0 Å². The molecule has 0 fully saturated rings. The smallest absolute Gasteiger partial charge is 0.130 e. The molecular formula is C15H14O. The number of hydrogen-bond donors (Lipinski definition) is 0. The quantitative estimate of drug-likeness (QED) is 0.698. The van der Waals surface area contributed by atoms with Crippen LogP contribution in [0.25, 0.3) is 11.1 Å². The van der Waals surface area contributed by atoms with Crippen molar-refractivity contribution in [2.45, 2.75) is 13.3 Å². The molecule has 3 rings (SSSR count). The van der Waals surface area contributed by atoms with E-state index < -0.39 is 0 Å². The molecule has 1 heterocycles. The molecule has 0 spiro atoms. The third-order valence-corrected chi connectivity index (χ3v) is 3.04. The maximum absolute atomic E-state index is 5.72. The molecule has 0 saturated heterocycles. The molecule has 1 heteroatoms. The summed E-state index contributed by atoms with van der Waals surface area (Å²) in [5.74, 6) is 1.08. The lowest BCUT2D eigenvalue weighted by molar-refractivity contribution is 0.358. The Hall–Kier alpha value is -1.76. The van der Waals surface area contributed by atoms with Gasteiger partial charge in [-0.15, -0.1) is 0 Å². The van der Waals surface area contributed by atoms with Crippen LogP contribution in [0.15, 0.2) is 42.5 Å². The van der Waals surface area contributed by atoms with Crippen LogP contribution in [-0.4, -0.2) is 6.61 Å². The number of benzene rings is 2. The lowest BCUT2D eigenvalue weighted by atomic mass is 10.00. The third-order valence-electron chi connectivity index (χ3n) is 3.04. The summed E-state index contributed by atoms with van der Waals surface area (Å²) in [6.07, 6.45) is 1.04. The van der Waals surface area contributed by atoms with Crippen LogP contribution in [0.2, 0.25) is 0 Å². The van der Waals surface area contributed by atoms with E-state index in [2.05, 4.69) is 49.4 Å². The van der Waals surface area contributed by atoms with Gasteiger partial charge in [0, 0.05) is 12.0 Å². The lowest BCUT2D eigenvalue weighted by Crippen LogP contribution is -1.88. The van der Waals surface area contributed by atoms with E-state index in [1.807, 2.05) is 0 Å². The Morgan fingerprint density at radius 3 is 2.81 bits per heavy atom. The van der Waals surface area contributed by atoms with Gasteiger partial charge in [0.2, 0.25) is 0 Å². The molecule has 0 amide bonds. The molecule has 80 valence electrons. The maximum atomic E-state index is 5.72. The van der Waals surface area contributed by atoms with Crippen molar-refractivity contribution in [3.05, 3.63) is 53.6 Å². The number of ether oxygens (including phenoxy) is 1. The highest BCUT2D eigenvalue weighted by molar-refractivity contribution is 5.73. The second-order valence-corrected chi connectivity index (χ2v) is 4.26. The van der Waals surface area contributed by atoms with E-state index >= 15 is 0 Å². The molecule has 1 aliphatic heterocycles. The normalized spacial score (nSPS) is 13.3. The van der Waals surface area contributed by atoms with Crippen LogP contribution in [0.5, 0.6) is 5.75 Å². The second-order valence-electron chi connectivity index (χ2n) is 4.26. The van der Waals surface area contributed by atoms with Crippen molar-refractivity contribution in [1.82, 2.24) is 0 Å². The zero-order chi connectivity index (χ0) is 11.0. The Kier molecular flexibility index (Phi) is 2.17. The van der Waals surface area contributed by atoms with Gasteiger partial charge in [-0.1, -0.05) is 48.0 Å². The molecule has 1 nitrogen and oxygen atoms in total. The minimum absolute atomic E-state index is 0.818. The highest BCUT2D eigenvalue weighted by Gasteiger charge is 2.16. The fourth-order valence-electron chi connectivity index (χ4n) is 2.26. The van der Waals surface area contributed by atoms with Gasteiger partial charge in [0.25, 0.3) is 0 Å². The van der Waals surface area contributed by atoms with E-state index in [0.29, 0.717) is 0 Å². The van der Waals surface area contributed by atoms with Gasteiger partial charge in [-0.05, 0) is 18.1 Å². The highest BCUT2D eigenvalue weighted by atomic mass is 16.5. The third kappa shape index (κ3) is 1.49. The SMILES string of the molecule is Cc1cccc(-c2cccc3c2OCC3)c1. The van der Waals surface area contributed by atoms with E-state index in [-0.39, 0.29) is 0 Å². The molecule has 0 radical (unpaired) electrons. The lowest BCUT2D eigenvalue weighted by Gasteiger charge is -2.08. The van der Waals surface area contributed by atoms with Crippen LogP contribution in [0.4, 0.5) is 0 Å². The molecule has 0 saturated carbocycles. The summed E-state index contributed by atoms with van der Waals surface area (Å²) in [6, 6.07) is 15.0. The molecule has 0 aromatic heterocycles. The number of aryl methyl sites for hydroxylation is 1. The highest BCUT2D eigenvalue weighted by Crippen LogP contribution is 2.36. The summed E-state index contributed by atoms with van der Waals surface area (Å²) in [5, 5.41) is 0. The topological polar surface area (TPSA) is 9.23 Å². The largest absolute Gasteiger partial charge is 0.492 e. The summed E-state index contributed by atoms with van der Waals surface area (Å²) < 4.78 is 5.72. The first-order valence-electron chi connectivity index (χ1n) is 5.66. The number of para-hydroxylation sites is 1. The summed E-state index contributed by atoms with van der Waals surface area (Å²) in [4.78, 5) is 0. The molecule has 0 aliphatic carbocycles. The summed E-state index contributed by atoms with van der Waals surface area (Å²) >= 11 is 0. The minimum Gasteiger partial charge on any atom is -0.492 e. The van der Waals surface area contributed by atoms with Gasteiger partial charge in [-0.3, -0.25) is 0 Å². The Morgan fingerprint density at radius 2 is 1.94 bits per heavy atom. The maximum Gasteiger partial charge on any atom is 0.130 e. The van der Waals surface area contributed by atoms with E-state index in [0.717, 1.165) is 18.8 Å². The molecule has 0 bridgehead atoms. The summed E-state index contributed by atoms with van der Waals surface area (Å²) in [7, 11) is 0. The molecule has 1 aliphatic rings. The van der Waals surface area contributed by atoms with Gasteiger partial charge >= 0.3 is 0 Å². The molecule has 0 N–H and O–H groups in total. The van der Waals surface area contributed by atoms with Crippen molar-refractivity contribution in [3.8, 4) is 16.9 Å². The zero-order valence-electron chi connectivity index (χ0n) is 9.36. The average Bonchev–Trinajstić information content (AvgIpc) is 2.76. The standard InChI is InChI=1S/C15H14O/c1-11-4-2-6-13(10-11)14-7-3-5-12-8-9-16-15(12)14/h2-7,10H,8-9H2,1H3. The van der Waals surface area contributed by atoms with Crippen molar-refractivity contribution >= 4 is 0 Å². The Balaban J connectivity index is 2.17. The van der Waals surface area contributed by atoms with Gasteiger partial charge in [-0.25, -0.2) is 0 Å². The van der Waals surface area contributed by atoms with Crippen LogP contribution in [0, 0.1) is 6.92 Å². The molecule has 16 heavy (non-hydrogen) atoms. The Labute approximate surface area is 95.7 Å². The molecule has 2 aromatic carbocycles. The van der Waals surface area contributed by atoms with Gasteiger partial charge in [-0.2, -0.15) is 0 Å². The van der Waals surface area contributed by atoms with Gasteiger partial charge < -0.3 is 4.74 Å². The summed E-state index contributed by atoms with van der Waals surface area (Å²) in [6.45, 7) is 2.94. The fourth-order valence-corrected chi connectivity index (χ4v) is 2.26. The number of hydrogen-bond acceptors (Lipinski definition) is 1. The summed E-state index contributed by atoms with van der Waals surface area (Å²) in [5.41, 5.74) is 5.09.